The van der Waals surface area contributed by atoms with Gasteiger partial charge in [0.2, 0.25) is 5.91 Å². The fourth-order valence-corrected chi connectivity index (χ4v) is 3.44. The number of hydrogen-bond donors (Lipinski definition) is 1. The molecule has 0 radical (unpaired) electrons. The highest BCUT2D eigenvalue weighted by molar-refractivity contribution is 6.08. The molecule has 3 rings (SSSR count). The molecule has 0 atom stereocenters. The van der Waals surface area contributed by atoms with E-state index in [1.54, 1.807) is 23.1 Å². The lowest BCUT2D eigenvalue weighted by Crippen LogP contribution is -2.35. The van der Waals surface area contributed by atoms with Crippen LogP contribution >= 0.6 is 0 Å². The summed E-state index contributed by atoms with van der Waals surface area (Å²) >= 11 is 0. The number of hydrogen-bond acceptors (Lipinski definition) is 7. The second-order valence-electron chi connectivity index (χ2n) is 6.82. The first-order chi connectivity index (χ1) is 14.9. The van der Waals surface area contributed by atoms with Gasteiger partial charge in [0.05, 0.1) is 38.0 Å². The van der Waals surface area contributed by atoms with Gasteiger partial charge in [-0.3, -0.25) is 19.7 Å². The number of nitrogens with one attached hydrogen (secondary N) is 1. The van der Waals surface area contributed by atoms with Crippen molar-refractivity contribution in [3.63, 3.8) is 0 Å². The number of methoxy groups -OCH3 is 3. The van der Waals surface area contributed by atoms with Crippen molar-refractivity contribution in [3.05, 3.63) is 46.0 Å². The Morgan fingerprint density at radius 2 is 1.71 bits per heavy atom. The van der Waals surface area contributed by atoms with Gasteiger partial charge in [0, 0.05) is 30.8 Å². The van der Waals surface area contributed by atoms with Gasteiger partial charge in [-0.1, -0.05) is 0 Å². The fourth-order valence-electron chi connectivity index (χ4n) is 3.44. The molecule has 1 heterocycles. The molecule has 1 saturated heterocycles. The van der Waals surface area contributed by atoms with Crippen molar-refractivity contribution in [2.75, 3.05) is 38.1 Å². The molecule has 0 saturated carbocycles. The Kier molecular flexibility index (Phi) is 6.58. The molecule has 0 unspecified atom stereocenters. The third kappa shape index (κ3) is 4.52. The number of ether oxygens (including phenoxy) is 3. The van der Waals surface area contributed by atoms with E-state index in [-0.39, 0.29) is 23.0 Å². The van der Waals surface area contributed by atoms with Crippen molar-refractivity contribution in [2.24, 2.45) is 0 Å². The van der Waals surface area contributed by atoms with E-state index in [0.29, 0.717) is 30.1 Å². The van der Waals surface area contributed by atoms with E-state index in [0.717, 1.165) is 18.9 Å². The quantitative estimate of drug-likeness (QED) is 0.529. The van der Waals surface area contributed by atoms with Crippen LogP contribution in [-0.4, -0.2) is 44.6 Å². The Labute approximate surface area is 178 Å². The number of carbonyl (C=O) groups is 2. The predicted molar refractivity (Wildman–Crippen MR) is 113 cm³/mol. The molecule has 0 bridgehead atoms. The van der Waals surface area contributed by atoms with E-state index >= 15 is 0 Å². The van der Waals surface area contributed by atoms with Crippen LogP contribution in [0.3, 0.4) is 0 Å². The molecule has 0 spiro atoms. The molecular formula is C21H23N3O7. The normalized spacial score (nSPS) is 13.5. The van der Waals surface area contributed by atoms with Gasteiger partial charge in [-0.05, 0) is 25.0 Å². The van der Waals surface area contributed by atoms with E-state index in [2.05, 4.69) is 5.32 Å². The van der Waals surface area contributed by atoms with Gasteiger partial charge in [0.15, 0.2) is 11.5 Å². The lowest BCUT2D eigenvalue weighted by Gasteiger charge is -2.28. The zero-order chi connectivity index (χ0) is 22.5. The topological polar surface area (TPSA) is 120 Å². The highest BCUT2D eigenvalue weighted by Gasteiger charge is 2.26. The number of nitro groups is 1. The molecule has 164 valence electrons. The highest BCUT2D eigenvalue weighted by atomic mass is 16.6. The van der Waals surface area contributed by atoms with Crippen LogP contribution in [0, 0.1) is 10.1 Å². The standard InChI is InChI=1S/C21H23N3O7/c1-29-17-10-13(7-8-15(17)23-9-5-4-6-20(23)25)22-21(26)14-11-18(30-2)19(31-3)12-16(14)24(27)28/h7-8,10-12H,4-6,9H2,1-3H3,(H,22,26). The largest absolute Gasteiger partial charge is 0.494 e. The summed E-state index contributed by atoms with van der Waals surface area (Å²) in [5, 5.41) is 14.1. The molecule has 1 N–H and O–H groups in total. The van der Waals surface area contributed by atoms with Crippen molar-refractivity contribution >= 4 is 28.9 Å². The van der Waals surface area contributed by atoms with E-state index in [1.165, 1.54) is 27.4 Å². The summed E-state index contributed by atoms with van der Waals surface area (Å²) in [5.74, 6) is 0.0615. The summed E-state index contributed by atoms with van der Waals surface area (Å²) in [6, 6.07) is 7.26. The van der Waals surface area contributed by atoms with Crippen LogP contribution in [0.2, 0.25) is 0 Å². The first-order valence-electron chi connectivity index (χ1n) is 9.59. The van der Waals surface area contributed by atoms with Crippen molar-refractivity contribution in [2.45, 2.75) is 19.3 Å². The second kappa shape index (κ2) is 9.33. The number of amides is 2. The number of rotatable bonds is 7. The molecule has 10 nitrogen and oxygen atoms in total. The van der Waals surface area contributed by atoms with Gasteiger partial charge in [0.25, 0.3) is 11.6 Å². The van der Waals surface area contributed by atoms with E-state index < -0.39 is 16.5 Å². The molecule has 1 aliphatic heterocycles. The Morgan fingerprint density at radius 3 is 2.32 bits per heavy atom. The lowest BCUT2D eigenvalue weighted by molar-refractivity contribution is -0.385. The van der Waals surface area contributed by atoms with Crippen LogP contribution in [-0.2, 0) is 4.79 Å². The maximum Gasteiger partial charge on any atom is 0.286 e. The number of carbonyl (C=O) groups excluding carboxylic acids is 2. The van der Waals surface area contributed by atoms with Crippen LogP contribution in [0.15, 0.2) is 30.3 Å². The molecule has 2 aromatic carbocycles. The van der Waals surface area contributed by atoms with Gasteiger partial charge in [-0.15, -0.1) is 0 Å². The minimum absolute atomic E-state index is 0.0160. The Hall–Kier alpha value is -3.82. The summed E-state index contributed by atoms with van der Waals surface area (Å²) in [5.41, 5.74) is 0.371. The van der Waals surface area contributed by atoms with Crippen LogP contribution in [0.1, 0.15) is 29.6 Å². The molecular weight excluding hydrogens is 406 g/mol. The maximum absolute atomic E-state index is 12.8. The van der Waals surface area contributed by atoms with Gasteiger partial charge >= 0.3 is 0 Å². The smallest absolute Gasteiger partial charge is 0.286 e. The van der Waals surface area contributed by atoms with Gasteiger partial charge in [0.1, 0.15) is 11.3 Å². The molecule has 2 aromatic rings. The summed E-state index contributed by atoms with van der Waals surface area (Å²) < 4.78 is 15.7. The summed E-state index contributed by atoms with van der Waals surface area (Å²) in [6.07, 6.45) is 2.23. The number of piperidine rings is 1. The zero-order valence-electron chi connectivity index (χ0n) is 17.5. The molecule has 0 aromatic heterocycles. The Balaban J connectivity index is 1.91. The highest BCUT2D eigenvalue weighted by Crippen LogP contribution is 2.36. The van der Waals surface area contributed by atoms with Crippen LogP contribution in [0.25, 0.3) is 0 Å². The minimum Gasteiger partial charge on any atom is -0.494 e. The lowest BCUT2D eigenvalue weighted by atomic mass is 10.1. The second-order valence-corrected chi connectivity index (χ2v) is 6.82. The monoisotopic (exact) mass is 429 g/mol. The third-order valence-corrected chi connectivity index (χ3v) is 5.00. The first kappa shape index (κ1) is 21.9. The molecule has 10 heteroatoms. The van der Waals surface area contributed by atoms with Crippen molar-refractivity contribution in [3.8, 4) is 17.2 Å². The number of nitro benzene ring substituents is 1. The number of benzene rings is 2. The summed E-state index contributed by atoms with van der Waals surface area (Å²) in [7, 11) is 4.19. The van der Waals surface area contributed by atoms with Gasteiger partial charge in [-0.25, -0.2) is 0 Å². The Bertz CT molecular complexity index is 1020. The van der Waals surface area contributed by atoms with Gasteiger partial charge in [-0.2, -0.15) is 0 Å². The minimum atomic E-state index is -0.698. The molecule has 2 amide bonds. The van der Waals surface area contributed by atoms with E-state index in [4.69, 9.17) is 14.2 Å². The van der Waals surface area contributed by atoms with Crippen molar-refractivity contribution in [1.82, 2.24) is 0 Å². The summed E-state index contributed by atoms with van der Waals surface area (Å²) in [6.45, 7) is 0.596. The van der Waals surface area contributed by atoms with E-state index in [1.807, 2.05) is 0 Å². The average Bonchev–Trinajstić information content (AvgIpc) is 2.78. The van der Waals surface area contributed by atoms with Crippen LogP contribution in [0.5, 0.6) is 17.2 Å². The van der Waals surface area contributed by atoms with Crippen molar-refractivity contribution < 1.29 is 28.7 Å². The SMILES string of the molecule is COc1cc(C(=O)Nc2ccc(N3CCCCC3=O)c(OC)c2)c([N+](=O)[O-])cc1OC. The number of nitrogens with zero attached hydrogens (tertiary/aromatic N) is 2. The molecule has 1 fully saturated rings. The van der Waals surface area contributed by atoms with E-state index in [9.17, 15) is 19.7 Å². The van der Waals surface area contributed by atoms with Gasteiger partial charge < -0.3 is 24.4 Å². The summed E-state index contributed by atoms with van der Waals surface area (Å²) in [4.78, 5) is 37.5. The third-order valence-electron chi connectivity index (χ3n) is 5.00. The molecule has 31 heavy (non-hydrogen) atoms. The van der Waals surface area contributed by atoms with Crippen LogP contribution in [0.4, 0.5) is 17.1 Å². The molecule has 0 aliphatic carbocycles. The fraction of sp³-hybridized carbons (Fsp3) is 0.333. The van der Waals surface area contributed by atoms with Crippen molar-refractivity contribution in [1.29, 1.82) is 0 Å². The van der Waals surface area contributed by atoms with Crippen LogP contribution < -0.4 is 24.4 Å². The average molecular weight is 429 g/mol. The number of anilines is 2. The Morgan fingerprint density at radius 1 is 1.03 bits per heavy atom. The zero-order valence-corrected chi connectivity index (χ0v) is 17.5. The predicted octanol–water partition coefficient (Wildman–Crippen LogP) is 3.39. The maximum atomic E-state index is 12.8. The molecule has 1 aliphatic rings. The first-order valence-corrected chi connectivity index (χ1v) is 9.59.